The molecule has 0 fully saturated rings. The summed E-state index contributed by atoms with van der Waals surface area (Å²) in [6, 6.07) is 6.16. The van der Waals surface area contributed by atoms with Gasteiger partial charge < -0.3 is 9.64 Å². The molecule has 5 heteroatoms. The SMILES string of the molecule is CCN1c2ccc(OC)cc2SC1SN. The number of hydrogen-bond acceptors (Lipinski definition) is 5. The van der Waals surface area contributed by atoms with E-state index in [1.165, 1.54) is 22.5 Å². The van der Waals surface area contributed by atoms with E-state index in [-0.39, 0.29) is 4.71 Å². The topological polar surface area (TPSA) is 38.5 Å². The Kier molecular flexibility index (Phi) is 3.33. The van der Waals surface area contributed by atoms with Gasteiger partial charge in [-0.1, -0.05) is 11.8 Å². The Morgan fingerprint density at radius 1 is 1.60 bits per heavy atom. The number of nitrogens with zero attached hydrogens (tertiary/aromatic N) is 1. The maximum absolute atomic E-state index is 5.67. The number of benzene rings is 1. The van der Waals surface area contributed by atoms with Crippen molar-refractivity contribution in [2.45, 2.75) is 16.5 Å². The Labute approximate surface area is 98.5 Å². The molecule has 0 amide bonds. The van der Waals surface area contributed by atoms with Crippen LogP contribution in [0.1, 0.15) is 6.92 Å². The number of rotatable bonds is 3. The summed E-state index contributed by atoms with van der Waals surface area (Å²) in [6.45, 7) is 3.12. The van der Waals surface area contributed by atoms with Crippen LogP contribution in [0.2, 0.25) is 0 Å². The first-order valence-corrected chi connectivity index (χ1v) is 6.59. The third-order valence-corrected chi connectivity index (χ3v) is 4.56. The molecule has 0 saturated carbocycles. The molecule has 82 valence electrons. The Balaban J connectivity index is 2.34. The zero-order valence-corrected chi connectivity index (χ0v) is 10.4. The summed E-state index contributed by atoms with van der Waals surface area (Å²) in [5, 5.41) is 5.67. The highest BCUT2D eigenvalue weighted by Crippen LogP contribution is 2.47. The van der Waals surface area contributed by atoms with Crippen molar-refractivity contribution in [1.29, 1.82) is 0 Å². The van der Waals surface area contributed by atoms with Crippen LogP contribution < -0.4 is 14.8 Å². The summed E-state index contributed by atoms with van der Waals surface area (Å²) < 4.78 is 5.50. The second kappa shape index (κ2) is 4.55. The van der Waals surface area contributed by atoms with Crippen molar-refractivity contribution in [3.8, 4) is 5.75 Å². The van der Waals surface area contributed by atoms with E-state index in [0.29, 0.717) is 0 Å². The summed E-state index contributed by atoms with van der Waals surface area (Å²) >= 11 is 3.17. The Morgan fingerprint density at radius 2 is 2.40 bits per heavy atom. The van der Waals surface area contributed by atoms with Gasteiger partial charge in [-0.15, -0.1) is 0 Å². The molecule has 2 rings (SSSR count). The minimum atomic E-state index is 0.289. The van der Waals surface area contributed by atoms with Crippen LogP contribution in [0.25, 0.3) is 0 Å². The molecule has 1 aliphatic heterocycles. The quantitative estimate of drug-likeness (QED) is 0.825. The molecule has 0 aromatic heterocycles. The van der Waals surface area contributed by atoms with Crippen LogP contribution in [0.4, 0.5) is 5.69 Å². The minimum Gasteiger partial charge on any atom is -0.497 e. The molecule has 0 bridgehead atoms. The van der Waals surface area contributed by atoms with Crippen molar-refractivity contribution in [3.63, 3.8) is 0 Å². The van der Waals surface area contributed by atoms with Crippen LogP contribution in [0.15, 0.2) is 23.1 Å². The van der Waals surface area contributed by atoms with Crippen molar-refractivity contribution in [2.24, 2.45) is 5.14 Å². The van der Waals surface area contributed by atoms with Crippen LogP contribution in [0.3, 0.4) is 0 Å². The molecule has 1 aromatic rings. The van der Waals surface area contributed by atoms with E-state index in [4.69, 9.17) is 9.88 Å². The van der Waals surface area contributed by atoms with E-state index in [1.54, 1.807) is 18.9 Å². The highest BCUT2D eigenvalue weighted by molar-refractivity contribution is 8.16. The van der Waals surface area contributed by atoms with Gasteiger partial charge in [0.2, 0.25) is 0 Å². The van der Waals surface area contributed by atoms with Crippen LogP contribution in [0.5, 0.6) is 5.75 Å². The largest absolute Gasteiger partial charge is 0.497 e. The highest BCUT2D eigenvalue weighted by atomic mass is 32.2. The minimum absolute atomic E-state index is 0.289. The maximum Gasteiger partial charge on any atom is 0.140 e. The maximum atomic E-state index is 5.67. The molecule has 1 unspecified atom stereocenters. The van der Waals surface area contributed by atoms with Gasteiger partial charge in [-0.05, 0) is 37.1 Å². The van der Waals surface area contributed by atoms with Gasteiger partial charge in [-0.2, -0.15) is 0 Å². The van der Waals surface area contributed by atoms with Crippen LogP contribution in [0, 0.1) is 0 Å². The first-order valence-electron chi connectivity index (χ1n) is 4.77. The van der Waals surface area contributed by atoms with Gasteiger partial charge in [0.15, 0.2) is 0 Å². The van der Waals surface area contributed by atoms with Crippen LogP contribution >= 0.6 is 23.7 Å². The summed E-state index contributed by atoms with van der Waals surface area (Å²) in [5.41, 5.74) is 1.26. The number of hydrogen-bond donors (Lipinski definition) is 1. The van der Waals surface area contributed by atoms with Gasteiger partial charge in [0.25, 0.3) is 0 Å². The Hall–Kier alpha value is -0.520. The molecule has 1 heterocycles. The molecule has 1 atom stereocenters. The molecule has 0 aliphatic carbocycles. The van der Waals surface area contributed by atoms with E-state index in [1.807, 2.05) is 6.07 Å². The number of ether oxygens (including phenoxy) is 1. The molecule has 1 aromatic carbocycles. The lowest BCUT2D eigenvalue weighted by Crippen LogP contribution is -2.27. The van der Waals surface area contributed by atoms with Crippen molar-refractivity contribution in [3.05, 3.63) is 18.2 Å². The lowest BCUT2D eigenvalue weighted by atomic mass is 10.3. The fourth-order valence-electron chi connectivity index (χ4n) is 1.66. The zero-order valence-electron chi connectivity index (χ0n) is 8.77. The molecule has 0 saturated heterocycles. The fourth-order valence-corrected chi connectivity index (χ4v) is 3.70. The van der Waals surface area contributed by atoms with E-state index in [0.717, 1.165) is 12.3 Å². The van der Waals surface area contributed by atoms with Crippen molar-refractivity contribution < 1.29 is 4.74 Å². The fraction of sp³-hybridized carbons (Fsp3) is 0.400. The standard InChI is InChI=1S/C10H14N2OS2/c1-3-12-8-5-4-7(13-2)6-9(8)14-10(12)15-11/h4-6,10H,3,11H2,1-2H3. The smallest absolute Gasteiger partial charge is 0.140 e. The lowest BCUT2D eigenvalue weighted by molar-refractivity contribution is 0.414. The number of nitrogens with two attached hydrogens (primary N) is 1. The zero-order chi connectivity index (χ0) is 10.8. The van der Waals surface area contributed by atoms with Crippen molar-refractivity contribution >= 4 is 29.4 Å². The summed E-state index contributed by atoms with van der Waals surface area (Å²) in [5.74, 6) is 0.903. The average molecular weight is 242 g/mol. The number of fused-ring (bicyclic) bond motifs is 1. The Bertz CT molecular complexity index is 359. The number of thioether (sulfide) groups is 1. The van der Waals surface area contributed by atoms with E-state index < -0.39 is 0 Å². The molecule has 15 heavy (non-hydrogen) atoms. The summed E-state index contributed by atoms with van der Waals surface area (Å²) in [7, 11) is 1.69. The first-order chi connectivity index (χ1) is 7.30. The second-order valence-electron chi connectivity index (χ2n) is 3.18. The van der Waals surface area contributed by atoms with Gasteiger partial charge in [-0.3, -0.25) is 5.14 Å². The molecular weight excluding hydrogens is 228 g/mol. The van der Waals surface area contributed by atoms with Gasteiger partial charge in [0.05, 0.1) is 12.8 Å². The second-order valence-corrected chi connectivity index (χ2v) is 5.32. The van der Waals surface area contributed by atoms with Crippen LogP contribution in [-0.2, 0) is 0 Å². The van der Waals surface area contributed by atoms with Gasteiger partial charge in [0, 0.05) is 11.4 Å². The Morgan fingerprint density at radius 3 is 3.00 bits per heavy atom. The van der Waals surface area contributed by atoms with Crippen molar-refractivity contribution in [2.75, 3.05) is 18.6 Å². The highest BCUT2D eigenvalue weighted by Gasteiger charge is 2.28. The van der Waals surface area contributed by atoms with Crippen LogP contribution in [-0.4, -0.2) is 18.4 Å². The predicted octanol–water partition coefficient (Wildman–Crippen LogP) is 2.52. The lowest BCUT2D eigenvalue weighted by Gasteiger charge is -2.22. The summed E-state index contributed by atoms with van der Waals surface area (Å²) in [6.07, 6.45) is 0. The molecule has 0 spiro atoms. The third-order valence-electron chi connectivity index (χ3n) is 2.42. The molecule has 3 nitrogen and oxygen atoms in total. The number of methoxy groups -OCH3 is 1. The molecule has 0 radical (unpaired) electrons. The average Bonchev–Trinajstić information content (AvgIpc) is 2.65. The van der Waals surface area contributed by atoms with E-state index >= 15 is 0 Å². The van der Waals surface area contributed by atoms with Gasteiger partial charge in [-0.25, -0.2) is 0 Å². The van der Waals surface area contributed by atoms with Crippen molar-refractivity contribution in [1.82, 2.24) is 0 Å². The van der Waals surface area contributed by atoms with Gasteiger partial charge >= 0.3 is 0 Å². The van der Waals surface area contributed by atoms with Gasteiger partial charge in [0.1, 0.15) is 10.5 Å². The summed E-state index contributed by atoms with van der Waals surface area (Å²) in [4.78, 5) is 3.54. The van der Waals surface area contributed by atoms with E-state index in [2.05, 4.69) is 24.0 Å². The molecular formula is C10H14N2OS2. The first kappa shape index (κ1) is 11.0. The molecule has 2 N–H and O–H groups in total. The molecule has 1 aliphatic rings. The predicted molar refractivity (Wildman–Crippen MR) is 67.4 cm³/mol. The normalized spacial score (nSPS) is 19.1. The van der Waals surface area contributed by atoms with E-state index in [9.17, 15) is 0 Å². The monoisotopic (exact) mass is 242 g/mol. The number of anilines is 1. The third kappa shape index (κ3) is 1.91.